The van der Waals surface area contributed by atoms with Gasteiger partial charge in [-0.2, -0.15) is 0 Å². The largest absolute Gasteiger partial charge is 0.336 e. The van der Waals surface area contributed by atoms with E-state index in [1.807, 2.05) is 30.3 Å². The van der Waals surface area contributed by atoms with E-state index < -0.39 is 0 Å². The van der Waals surface area contributed by atoms with E-state index in [4.69, 9.17) is 0 Å². The van der Waals surface area contributed by atoms with E-state index in [2.05, 4.69) is 10.3 Å². The van der Waals surface area contributed by atoms with E-state index in [1.54, 1.807) is 21.3 Å². The highest BCUT2D eigenvalue weighted by molar-refractivity contribution is 7.14. The number of carbonyl (C=O) groups is 3. The van der Waals surface area contributed by atoms with Crippen molar-refractivity contribution in [3.05, 3.63) is 77.6 Å². The van der Waals surface area contributed by atoms with Crippen LogP contribution in [0.5, 0.6) is 0 Å². The van der Waals surface area contributed by atoms with Crippen LogP contribution in [0, 0.1) is 5.82 Å². The molecule has 0 bridgehead atoms. The molecule has 4 rings (SSSR count). The predicted octanol–water partition coefficient (Wildman–Crippen LogP) is 4.36. The van der Waals surface area contributed by atoms with Gasteiger partial charge in [-0.05, 0) is 42.5 Å². The summed E-state index contributed by atoms with van der Waals surface area (Å²) in [6.07, 6.45) is 3.08. The van der Waals surface area contributed by atoms with Gasteiger partial charge in [-0.15, -0.1) is 11.3 Å². The molecule has 1 aliphatic heterocycles. The quantitative estimate of drug-likeness (QED) is 0.536. The number of nitrogens with one attached hydrogen (secondary N) is 1. The Balaban J connectivity index is 1.31. The highest BCUT2D eigenvalue weighted by Gasteiger charge is 2.23. The summed E-state index contributed by atoms with van der Waals surface area (Å²) in [7, 11) is 0. The van der Waals surface area contributed by atoms with Gasteiger partial charge in [0.1, 0.15) is 5.82 Å². The van der Waals surface area contributed by atoms with Crippen molar-refractivity contribution in [2.45, 2.75) is 6.92 Å². The predicted molar refractivity (Wildman–Crippen MR) is 134 cm³/mol. The number of amides is 4. The molecule has 0 unspecified atom stereocenters. The molecule has 4 amide bonds. The molecular formula is C25H24FN5O3S. The lowest BCUT2D eigenvalue weighted by molar-refractivity contribution is -0.127. The number of carbonyl (C=O) groups excluding carboxylic acids is 3. The lowest BCUT2D eigenvalue weighted by Gasteiger charge is -2.34. The summed E-state index contributed by atoms with van der Waals surface area (Å²) < 4.78 is 13.0. The molecular weight excluding hydrogens is 469 g/mol. The smallest absolute Gasteiger partial charge is 0.321 e. The zero-order valence-electron chi connectivity index (χ0n) is 19.1. The number of anilines is 3. The minimum absolute atomic E-state index is 0.154. The Morgan fingerprint density at radius 3 is 2.31 bits per heavy atom. The minimum Gasteiger partial charge on any atom is -0.336 e. The number of hydrogen-bond acceptors (Lipinski definition) is 5. The second-order valence-corrected chi connectivity index (χ2v) is 8.66. The lowest BCUT2D eigenvalue weighted by atomic mass is 10.3. The first-order chi connectivity index (χ1) is 16.9. The molecule has 1 aromatic heterocycles. The zero-order chi connectivity index (χ0) is 24.8. The standard InChI is InChI=1S/C25H24FN5O3S/c1-18(32)31(22-5-3-2-4-6-22)25-28-21(17-35-25)11-12-23(33)29-13-15-30(16-14-29)24(34)27-20-9-7-19(26)8-10-20/h2-12,17H,13-16H2,1H3,(H,27,34)/b12-11+. The third kappa shape index (κ3) is 6.10. The van der Waals surface area contributed by atoms with Crippen molar-refractivity contribution < 1.29 is 18.8 Å². The average Bonchev–Trinajstić information content (AvgIpc) is 3.33. The van der Waals surface area contributed by atoms with Gasteiger partial charge < -0.3 is 15.1 Å². The van der Waals surface area contributed by atoms with Gasteiger partial charge in [-0.25, -0.2) is 14.2 Å². The first kappa shape index (κ1) is 24.1. The molecule has 2 heterocycles. The summed E-state index contributed by atoms with van der Waals surface area (Å²) in [5, 5.41) is 5.04. The SMILES string of the molecule is CC(=O)N(c1ccccc1)c1nc(/C=C/C(=O)N2CCN(C(=O)Nc3ccc(F)cc3)CC2)cs1. The summed E-state index contributed by atoms with van der Waals surface area (Å²) in [4.78, 5) is 46.5. The number of para-hydroxylation sites is 1. The normalized spacial score (nSPS) is 13.7. The Morgan fingerprint density at radius 2 is 1.66 bits per heavy atom. The molecule has 8 nitrogen and oxygen atoms in total. The average molecular weight is 494 g/mol. The molecule has 2 aromatic carbocycles. The molecule has 10 heteroatoms. The number of aromatic nitrogens is 1. The second kappa shape index (κ2) is 10.9. The van der Waals surface area contributed by atoms with Crippen LogP contribution in [-0.4, -0.2) is 58.8 Å². The Morgan fingerprint density at radius 1 is 1.00 bits per heavy atom. The van der Waals surface area contributed by atoms with Gasteiger partial charge in [0.05, 0.1) is 11.4 Å². The maximum Gasteiger partial charge on any atom is 0.321 e. The van der Waals surface area contributed by atoms with Crippen LogP contribution in [0.25, 0.3) is 6.08 Å². The molecule has 180 valence electrons. The Bertz CT molecular complexity index is 1220. The molecule has 1 fully saturated rings. The number of piperazine rings is 1. The van der Waals surface area contributed by atoms with E-state index in [0.29, 0.717) is 42.7 Å². The topological polar surface area (TPSA) is 85.9 Å². The van der Waals surface area contributed by atoms with Gasteiger partial charge in [-0.1, -0.05) is 18.2 Å². The van der Waals surface area contributed by atoms with Crippen molar-refractivity contribution in [1.29, 1.82) is 0 Å². The third-order valence-electron chi connectivity index (χ3n) is 5.40. The summed E-state index contributed by atoms with van der Waals surface area (Å²) in [6, 6.07) is 14.5. The van der Waals surface area contributed by atoms with Crippen LogP contribution in [0.1, 0.15) is 12.6 Å². The van der Waals surface area contributed by atoms with Gasteiger partial charge >= 0.3 is 6.03 Å². The Kier molecular flexibility index (Phi) is 7.51. The number of rotatable bonds is 5. The molecule has 35 heavy (non-hydrogen) atoms. The first-order valence-corrected chi connectivity index (χ1v) is 11.9. The third-order valence-corrected chi connectivity index (χ3v) is 6.25. The van der Waals surface area contributed by atoms with E-state index in [-0.39, 0.29) is 23.7 Å². The summed E-state index contributed by atoms with van der Waals surface area (Å²) >= 11 is 1.32. The number of benzene rings is 2. The monoisotopic (exact) mass is 493 g/mol. The number of urea groups is 1. The number of halogens is 1. The number of thiazole rings is 1. The fourth-order valence-electron chi connectivity index (χ4n) is 3.59. The molecule has 1 saturated heterocycles. The molecule has 0 radical (unpaired) electrons. The Labute approximate surface area is 206 Å². The molecule has 3 aromatic rings. The molecule has 1 aliphatic rings. The molecule has 0 atom stereocenters. The zero-order valence-corrected chi connectivity index (χ0v) is 19.9. The fraction of sp³-hybridized carbons (Fsp3) is 0.200. The summed E-state index contributed by atoms with van der Waals surface area (Å²) in [5.74, 6) is -0.701. The van der Waals surface area contributed by atoms with Crippen LogP contribution in [0.3, 0.4) is 0 Å². The van der Waals surface area contributed by atoms with Crippen LogP contribution < -0.4 is 10.2 Å². The molecule has 0 spiro atoms. The van der Waals surface area contributed by atoms with Gasteiger partial charge in [0.25, 0.3) is 0 Å². The van der Waals surface area contributed by atoms with E-state index in [9.17, 15) is 18.8 Å². The maximum absolute atomic E-state index is 13.0. The van der Waals surface area contributed by atoms with Crippen molar-refractivity contribution >= 4 is 51.8 Å². The van der Waals surface area contributed by atoms with Crippen molar-refractivity contribution in [1.82, 2.24) is 14.8 Å². The number of nitrogens with zero attached hydrogens (tertiary/aromatic N) is 4. The van der Waals surface area contributed by atoms with Crippen LogP contribution in [0.15, 0.2) is 66.1 Å². The van der Waals surface area contributed by atoms with Crippen molar-refractivity contribution in [2.24, 2.45) is 0 Å². The maximum atomic E-state index is 13.0. The summed E-state index contributed by atoms with van der Waals surface area (Å²) in [5.41, 5.74) is 1.82. The highest BCUT2D eigenvalue weighted by atomic mass is 32.1. The van der Waals surface area contributed by atoms with E-state index >= 15 is 0 Å². The van der Waals surface area contributed by atoms with Crippen LogP contribution >= 0.6 is 11.3 Å². The van der Waals surface area contributed by atoms with Crippen molar-refractivity contribution in [3.63, 3.8) is 0 Å². The molecule has 0 saturated carbocycles. The fourth-order valence-corrected chi connectivity index (χ4v) is 4.44. The van der Waals surface area contributed by atoms with Gasteiger partial charge in [0.15, 0.2) is 5.13 Å². The second-order valence-electron chi connectivity index (χ2n) is 7.83. The lowest BCUT2D eigenvalue weighted by Crippen LogP contribution is -2.51. The molecule has 0 aliphatic carbocycles. The summed E-state index contributed by atoms with van der Waals surface area (Å²) in [6.45, 7) is 3.05. The van der Waals surface area contributed by atoms with Crippen LogP contribution in [0.2, 0.25) is 0 Å². The molecule has 1 N–H and O–H groups in total. The number of hydrogen-bond donors (Lipinski definition) is 1. The van der Waals surface area contributed by atoms with Gasteiger partial charge in [0.2, 0.25) is 11.8 Å². The van der Waals surface area contributed by atoms with Crippen LogP contribution in [0.4, 0.5) is 25.7 Å². The van der Waals surface area contributed by atoms with E-state index in [1.165, 1.54) is 53.5 Å². The van der Waals surface area contributed by atoms with Crippen LogP contribution in [-0.2, 0) is 9.59 Å². The minimum atomic E-state index is -0.371. The Hall–Kier alpha value is -4.05. The first-order valence-electron chi connectivity index (χ1n) is 11.0. The van der Waals surface area contributed by atoms with Crippen molar-refractivity contribution in [3.8, 4) is 0 Å². The van der Waals surface area contributed by atoms with E-state index in [0.717, 1.165) is 5.69 Å². The van der Waals surface area contributed by atoms with Gasteiger partial charge in [0, 0.05) is 50.2 Å². The van der Waals surface area contributed by atoms with Gasteiger partial charge in [-0.3, -0.25) is 14.5 Å². The highest BCUT2D eigenvalue weighted by Crippen LogP contribution is 2.29. The van der Waals surface area contributed by atoms with Crippen molar-refractivity contribution in [2.75, 3.05) is 36.4 Å².